The van der Waals surface area contributed by atoms with Crippen LogP contribution in [0.3, 0.4) is 0 Å². The molecule has 0 aromatic carbocycles. The molecule has 0 saturated carbocycles. The SMILES string of the molecule is CCN(C)C(=O)CNCCNC(C)=O. The number of likely N-dealkylation sites (N-methyl/N-ethyl adjacent to an activating group) is 1. The second kappa shape index (κ2) is 7.32. The van der Waals surface area contributed by atoms with Crippen molar-refractivity contribution in [2.45, 2.75) is 13.8 Å². The lowest BCUT2D eigenvalue weighted by Gasteiger charge is -2.14. The Morgan fingerprint density at radius 1 is 1.29 bits per heavy atom. The van der Waals surface area contributed by atoms with E-state index in [-0.39, 0.29) is 11.8 Å². The maximum Gasteiger partial charge on any atom is 0.236 e. The minimum atomic E-state index is -0.0520. The van der Waals surface area contributed by atoms with E-state index in [2.05, 4.69) is 10.6 Å². The van der Waals surface area contributed by atoms with Crippen LogP contribution in [0, 0.1) is 0 Å². The van der Waals surface area contributed by atoms with Gasteiger partial charge < -0.3 is 15.5 Å². The van der Waals surface area contributed by atoms with Crippen LogP contribution in [-0.4, -0.2) is 49.9 Å². The lowest BCUT2D eigenvalue weighted by Crippen LogP contribution is -2.38. The summed E-state index contributed by atoms with van der Waals surface area (Å²) >= 11 is 0. The monoisotopic (exact) mass is 201 g/mol. The fraction of sp³-hybridized carbons (Fsp3) is 0.778. The molecular weight excluding hydrogens is 182 g/mol. The van der Waals surface area contributed by atoms with Crippen LogP contribution in [0.4, 0.5) is 0 Å². The smallest absolute Gasteiger partial charge is 0.236 e. The molecule has 2 N–H and O–H groups in total. The fourth-order valence-corrected chi connectivity index (χ4v) is 0.834. The van der Waals surface area contributed by atoms with Crippen molar-refractivity contribution < 1.29 is 9.59 Å². The Kier molecular flexibility index (Phi) is 6.74. The van der Waals surface area contributed by atoms with Gasteiger partial charge in [-0.05, 0) is 6.92 Å². The molecule has 0 aromatic rings. The van der Waals surface area contributed by atoms with Crippen molar-refractivity contribution in [2.24, 2.45) is 0 Å². The van der Waals surface area contributed by atoms with Gasteiger partial charge in [0, 0.05) is 33.6 Å². The quantitative estimate of drug-likeness (QED) is 0.553. The van der Waals surface area contributed by atoms with Crippen molar-refractivity contribution in [3.05, 3.63) is 0 Å². The highest BCUT2D eigenvalue weighted by Crippen LogP contribution is 1.80. The summed E-state index contributed by atoms with van der Waals surface area (Å²) in [6, 6.07) is 0. The first kappa shape index (κ1) is 12.9. The second-order valence-electron chi connectivity index (χ2n) is 3.07. The van der Waals surface area contributed by atoms with Gasteiger partial charge in [0.05, 0.1) is 6.54 Å². The van der Waals surface area contributed by atoms with Gasteiger partial charge in [0.15, 0.2) is 0 Å². The largest absolute Gasteiger partial charge is 0.355 e. The Bertz CT molecular complexity index is 194. The summed E-state index contributed by atoms with van der Waals surface area (Å²) in [6.07, 6.45) is 0. The Morgan fingerprint density at radius 3 is 2.43 bits per heavy atom. The Hall–Kier alpha value is -1.10. The Morgan fingerprint density at radius 2 is 1.93 bits per heavy atom. The molecule has 0 aromatic heterocycles. The summed E-state index contributed by atoms with van der Waals surface area (Å²) in [5.74, 6) is 0.0131. The van der Waals surface area contributed by atoms with Gasteiger partial charge in [-0.2, -0.15) is 0 Å². The third-order valence-corrected chi connectivity index (χ3v) is 1.85. The van der Waals surface area contributed by atoms with E-state index >= 15 is 0 Å². The molecule has 0 heterocycles. The molecule has 5 heteroatoms. The van der Waals surface area contributed by atoms with E-state index in [1.165, 1.54) is 6.92 Å². The molecular formula is C9H19N3O2. The zero-order valence-electron chi connectivity index (χ0n) is 9.09. The minimum absolute atomic E-state index is 0.0520. The molecule has 0 aliphatic rings. The molecule has 14 heavy (non-hydrogen) atoms. The Balaban J connectivity index is 3.36. The molecule has 0 aliphatic carbocycles. The van der Waals surface area contributed by atoms with Crippen LogP contribution in [0.25, 0.3) is 0 Å². The Labute approximate surface area is 84.8 Å². The van der Waals surface area contributed by atoms with Gasteiger partial charge in [-0.3, -0.25) is 9.59 Å². The summed E-state index contributed by atoms with van der Waals surface area (Å²) in [4.78, 5) is 23.4. The predicted molar refractivity (Wildman–Crippen MR) is 54.9 cm³/mol. The van der Waals surface area contributed by atoms with Crippen LogP contribution in [0.2, 0.25) is 0 Å². The molecule has 2 amide bonds. The lowest BCUT2D eigenvalue weighted by molar-refractivity contribution is -0.128. The van der Waals surface area contributed by atoms with Crippen LogP contribution < -0.4 is 10.6 Å². The van der Waals surface area contributed by atoms with Crippen molar-refractivity contribution >= 4 is 11.8 Å². The summed E-state index contributed by atoms with van der Waals surface area (Å²) in [6.45, 7) is 5.60. The lowest BCUT2D eigenvalue weighted by atomic mass is 10.5. The van der Waals surface area contributed by atoms with Gasteiger partial charge in [-0.15, -0.1) is 0 Å². The first-order chi connectivity index (χ1) is 6.57. The van der Waals surface area contributed by atoms with E-state index in [1.54, 1.807) is 11.9 Å². The molecule has 0 atom stereocenters. The highest BCUT2D eigenvalue weighted by molar-refractivity contribution is 5.77. The van der Waals surface area contributed by atoms with Crippen molar-refractivity contribution in [2.75, 3.05) is 33.2 Å². The molecule has 0 rings (SSSR count). The van der Waals surface area contributed by atoms with Gasteiger partial charge in [0.25, 0.3) is 0 Å². The normalized spacial score (nSPS) is 9.64. The number of nitrogens with one attached hydrogen (secondary N) is 2. The van der Waals surface area contributed by atoms with Crippen molar-refractivity contribution in [1.82, 2.24) is 15.5 Å². The number of rotatable bonds is 6. The summed E-state index contributed by atoms with van der Waals surface area (Å²) < 4.78 is 0. The average molecular weight is 201 g/mol. The molecule has 0 radical (unpaired) electrons. The van der Waals surface area contributed by atoms with Gasteiger partial charge in [-0.1, -0.05) is 0 Å². The zero-order chi connectivity index (χ0) is 11.0. The van der Waals surface area contributed by atoms with Gasteiger partial charge in [0.2, 0.25) is 11.8 Å². The third-order valence-electron chi connectivity index (χ3n) is 1.85. The maximum absolute atomic E-state index is 11.2. The van der Waals surface area contributed by atoms with E-state index in [4.69, 9.17) is 0 Å². The van der Waals surface area contributed by atoms with E-state index in [0.29, 0.717) is 26.2 Å². The highest BCUT2D eigenvalue weighted by atomic mass is 16.2. The van der Waals surface area contributed by atoms with E-state index in [0.717, 1.165) is 0 Å². The highest BCUT2D eigenvalue weighted by Gasteiger charge is 2.04. The van der Waals surface area contributed by atoms with E-state index in [9.17, 15) is 9.59 Å². The first-order valence-electron chi connectivity index (χ1n) is 4.77. The summed E-state index contributed by atoms with van der Waals surface area (Å²) in [7, 11) is 1.76. The van der Waals surface area contributed by atoms with Crippen LogP contribution in [0.15, 0.2) is 0 Å². The number of hydrogen-bond donors (Lipinski definition) is 2. The summed E-state index contributed by atoms with van der Waals surface area (Å²) in [5, 5.41) is 5.59. The molecule has 5 nitrogen and oxygen atoms in total. The molecule has 82 valence electrons. The predicted octanol–water partition coefficient (Wildman–Crippen LogP) is -0.810. The van der Waals surface area contributed by atoms with E-state index < -0.39 is 0 Å². The molecule has 0 fully saturated rings. The van der Waals surface area contributed by atoms with Crippen molar-refractivity contribution in [1.29, 1.82) is 0 Å². The van der Waals surface area contributed by atoms with Crippen molar-refractivity contribution in [3.63, 3.8) is 0 Å². The van der Waals surface area contributed by atoms with Crippen LogP contribution >= 0.6 is 0 Å². The number of carbonyl (C=O) groups excluding carboxylic acids is 2. The van der Waals surface area contributed by atoms with Crippen molar-refractivity contribution in [3.8, 4) is 0 Å². The number of hydrogen-bond acceptors (Lipinski definition) is 3. The average Bonchev–Trinajstić information content (AvgIpc) is 2.15. The first-order valence-corrected chi connectivity index (χ1v) is 4.77. The second-order valence-corrected chi connectivity index (χ2v) is 3.07. The maximum atomic E-state index is 11.2. The third kappa shape index (κ3) is 6.42. The molecule has 0 aliphatic heterocycles. The van der Waals surface area contributed by atoms with Crippen LogP contribution in [-0.2, 0) is 9.59 Å². The molecule has 0 saturated heterocycles. The standard InChI is InChI=1S/C9H19N3O2/c1-4-12(3)9(14)7-10-5-6-11-8(2)13/h10H,4-7H2,1-3H3,(H,11,13). The van der Waals surface area contributed by atoms with Gasteiger partial charge in [-0.25, -0.2) is 0 Å². The minimum Gasteiger partial charge on any atom is -0.355 e. The zero-order valence-corrected chi connectivity index (χ0v) is 9.09. The van der Waals surface area contributed by atoms with Crippen LogP contribution in [0.5, 0.6) is 0 Å². The molecule has 0 unspecified atom stereocenters. The molecule has 0 bridgehead atoms. The van der Waals surface area contributed by atoms with Crippen LogP contribution in [0.1, 0.15) is 13.8 Å². The molecule has 0 spiro atoms. The number of carbonyl (C=O) groups is 2. The topological polar surface area (TPSA) is 61.4 Å². The number of amides is 2. The number of nitrogens with zero attached hydrogens (tertiary/aromatic N) is 1. The van der Waals surface area contributed by atoms with Gasteiger partial charge >= 0.3 is 0 Å². The van der Waals surface area contributed by atoms with Gasteiger partial charge in [0.1, 0.15) is 0 Å². The summed E-state index contributed by atoms with van der Waals surface area (Å²) in [5.41, 5.74) is 0. The van der Waals surface area contributed by atoms with E-state index in [1.807, 2.05) is 6.92 Å². The fourth-order valence-electron chi connectivity index (χ4n) is 0.834.